The van der Waals surface area contributed by atoms with Crippen LogP contribution in [0, 0.1) is 0 Å². The molecule has 10 heteroatoms. The summed E-state index contributed by atoms with van der Waals surface area (Å²) in [6.45, 7) is 3.97. The number of carbonyl (C=O) groups excluding carboxylic acids is 2. The molecule has 0 saturated heterocycles. The molecule has 39 heavy (non-hydrogen) atoms. The molecule has 0 spiro atoms. The number of hydrogen-bond donors (Lipinski definition) is 0. The van der Waals surface area contributed by atoms with Crippen molar-refractivity contribution < 1.29 is 36.7 Å². The molecule has 3 rings (SSSR count). The van der Waals surface area contributed by atoms with E-state index in [2.05, 4.69) is 0 Å². The second-order valence-electron chi connectivity index (χ2n) is 9.10. The lowest BCUT2D eigenvalue weighted by atomic mass is 10.1. The van der Waals surface area contributed by atoms with Crippen LogP contribution in [0.2, 0.25) is 0 Å². The van der Waals surface area contributed by atoms with E-state index in [0.717, 1.165) is 29.8 Å². The smallest absolute Gasteiger partial charge is 0.416 e. The van der Waals surface area contributed by atoms with Crippen molar-refractivity contribution in [1.82, 2.24) is 9.80 Å². The first kappa shape index (κ1) is 29.6. The minimum Gasteiger partial charge on any atom is -0.493 e. The van der Waals surface area contributed by atoms with E-state index in [9.17, 15) is 22.8 Å². The molecule has 3 aromatic rings. The lowest BCUT2D eigenvalue weighted by Crippen LogP contribution is -2.46. The molecule has 0 aliphatic heterocycles. The number of amides is 2. The second-order valence-corrected chi connectivity index (χ2v) is 9.10. The number of methoxy groups -OCH3 is 2. The van der Waals surface area contributed by atoms with Crippen LogP contribution in [0.5, 0.6) is 11.5 Å². The Kier molecular flexibility index (Phi) is 10.0. The Hall–Kier alpha value is -3.95. The number of benzene rings is 2. The maximum atomic E-state index is 13.6. The summed E-state index contributed by atoms with van der Waals surface area (Å²) < 4.78 is 55.1. The Morgan fingerprint density at radius 3 is 2.26 bits per heavy atom. The lowest BCUT2D eigenvalue weighted by molar-refractivity contribution is -0.137. The molecule has 0 fully saturated rings. The highest BCUT2D eigenvalue weighted by Gasteiger charge is 2.31. The van der Waals surface area contributed by atoms with Gasteiger partial charge in [0.2, 0.25) is 5.91 Å². The predicted octanol–water partition coefficient (Wildman–Crippen LogP) is 5.83. The number of halogens is 3. The molecule has 1 atom stereocenters. The third-order valence-electron chi connectivity index (χ3n) is 6.55. The molecule has 0 saturated carbocycles. The van der Waals surface area contributed by atoms with E-state index < -0.39 is 17.6 Å². The average Bonchev–Trinajstić information content (AvgIpc) is 3.45. The maximum absolute atomic E-state index is 13.6. The van der Waals surface area contributed by atoms with Crippen LogP contribution in [0.25, 0.3) is 0 Å². The van der Waals surface area contributed by atoms with Gasteiger partial charge in [-0.3, -0.25) is 9.59 Å². The largest absolute Gasteiger partial charge is 0.493 e. The Balaban J connectivity index is 1.80. The Labute approximate surface area is 226 Å². The molecular weight excluding hydrogens is 513 g/mol. The zero-order valence-electron chi connectivity index (χ0n) is 22.5. The normalized spacial score (nSPS) is 12.1. The average molecular weight is 547 g/mol. The Morgan fingerprint density at radius 1 is 1.00 bits per heavy atom. The lowest BCUT2D eigenvalue weighted by Gasteiger charge is -2.31. The molecule has 0 aliphatic carbocycles. The fraction of sp³-hybridized carbons (Fsp3) is 0.379. The molecular formula is C29H33F3N2O5. The molecule has 7 nitrogen and oxygen atoms in total. The van der Waals surface area contributed by atoms with Gasteiger partial charge in [0.1, 0.15) is 12.3 Å². The summed E-state index contributed by atoms with van der Waals surface area (Å²) in [5.41, 5.74) is 0.161. The standard InChI is InChI=1S/C29H33F3N2O5/c1-5-20(2)34(28(36)22-9-11-23(12-10-22)29(30,31)32)19-27(35)33(18-24-7-6-16-39-24)15-14-21-8-13-25(37-3)26(17-21)38-4/h6-13,16-17,20H,5,14-15,18-19H2,1-4H3. The van der Waals surface area contributed by atoms with E-state index in [1.54, 1.807) is 44.2 Å². The van der Waals surface area contributed by atoms with Gasteiger partial charge in [-0.2, -0.15) is 13.2 Å². The molecule has 210 valence electrons. The molecule has 0 radical (unpaired) electrons. The van der Waals surface area contributed by atoms with E-state index in [1.807, 2.05) is 19.1 Å². The fourth-order valence-electron chi connectivity index (χ4n) is 4.04. The van der Waals surface area contributed by atoms with Crippen LogP contribution in [0.15, 0.2) is 65.3 Å². The van der Waals surface area contributed by atoms with Gasteiger partial charge in [-0.05, 0) is 73.9 Å². The number of hydrogen-bond acceptors (Lipinski definition) is 5. The monoisotopic (exact) mass is 546 g/mol. The summed E-state index contributed by atoms with van der Waals surface area (Å²) in [6.07, 6.45) is -1.92. The van der Waals surface area contributed by atoms with Crippen LogP contribution < -0.4 is 9.47 Å². The van der Waals surface area contributed by atoms with Crippen LogP contribution in [0.4, 0.5) is 13.2 Å². The van der Waals surface area contributed by atoms with Crippen molar-refractivity contribution in [1.29, 1.82) is 0 Å². The number of alkyl halides is 3. The number of furan rings is 1. The summed E-state index contributed by atoms with van der Waals surface area (Å²) in [6, 6.07) is 12.7. The van der Waals surface area contributed by atoms with Gasteiger partial charge >= 0.3 is 6.18 Å². The van der Waals surface area contributed by atoms with E-state index in [-0.39, 0.29) is 30.6 Å². The van der Waals surface area contributed by atoms with E-state index in [0.29, 0.717) is 36.6 Å². The van der Waals surface area contributed by atoms with Crippen molar-refractivity contribution in [2.45, 2.75) is 45.5 Å². The Bertz CT molecular complexity index is 1230. The quantitative estimate of drug-likeness (QED) is 0.286. The van der Waals surface area contributed by atoms with Crippen molar-refractivity contribution in [2.75, 3.05) is 27.3 Å². The maximum Gasteiger partial charge on any atom is 0.416 e. The van der Waals surface area contributed by atoms with E-state index in [4.69, 9.17) is 13.9 Å². The van der Waals surface area contributed by atoms with Gasteiger partial charge in [-0.1, -0.05) is 13.0 Å². The number of carbonyl (C=O) groups is 2. The highest BCUT2D eigenvalue weighted by atomic mass is 19.4. The summed E-state index contributed by atoms with van der Waals surface area (Å²) in [7, 11) is 3.10. The highest BCUT2D eigenvalue weighted by molar-refractivity contribution is 5.96. The van der Waals surface area contributed by atoms with Gasteiger partial charge in [0.05, 0.1) is 32.6 Å². The second kappa shape index (κ2) is 13.2. The molecule has 0 N–H and O–H groups in total. The molecule has 1 aromatic heterocycles. The summed E-state index contributed by atoms with van der Waals surface area (Å²) in [5, 5.41) is 0. The van der Waals surface area contributed by atoms with Crippen LogP contribution >= 0.6 is 0 Å². The van der Waals surface area contributed by atoms with Crippen molar-refractivity contribution in [3.63, 3.8) is 0 Å². The molecule has 0 bridgehead atoms. The van der Waals surface area contributed by atoms with Crippen LogP contribution in [0.1, 0.15) is 47.5 Å². The first-order chi connectivity index (χ1) is 18.6. The van der Waals surface area contributed by atoms with E-state index in [1.165, 1.54) is 11.2 Å². The molecule has 2 aromatic carbocycles. The van der Waals surface area contributed by atoms with Gasteiger partial charge in [0.25, 0.3) is 5.91 Å². The minimum atomic E-state index is -4.51. The third kappa shape index (κ3) is 7.78. The summed E-state index contributed by atoms with van der Waals surface area (Å²) in [5.74, 6) is 0.927. The van der Waals surface area contributed by atoms with Crippen LogP contribution in [0.3, 0.4) is 0 Å². The first-order valence-electron chi connectivity index (χ1n) is 12.6. The van der Waals surface area contributed by atoms with Crippen LogP contribution in [-0.2, 0) is 23.9 Å². The van der Waals surface area contributed by atoms with Gasteiger partial charge < -0.3 is 23.7 Å². The van der Waals surface area contributed by atoms with Gasteiger partial charge in [-0.15, -0.1) is 0 Å². The third-order valence-corrected chi connectivity index (χ3v) is 6.55. The first-order valence-corrected chi connectivity index (χ1v) is 12.6. The van der Waals surface area contributed by atoms with Crippen molar-refractivity contribution in [3.05, 3.63) is 83.3 Å². The van der Waals surface area contributed by atoms with Crippen molar-refractivity contribution >= 4 is 11.8 Å². The fourth-order valence-corrected chi connectivity index (χ4v) is 4.04. The van der Waals surface area contributed by atoms with Crippen molar-refractivity contribution in [3.8, 4) is 11.5 Å². The summed E-state index contributed by atoms with van der Waals surface area (Å²) >= 11 is 0. The SMILES string of the molecule is CCC(C)N(CC(=O)N(CCc1ccc(OC)c(OC)c1)Cc1ccco1)C(=O)c1ccc(C(F)(F)F)cc1. The van der Waals surface area contributed by atoms with E-state index >= 15 is 0 Å². The number of ether oxygens (including phenoxy) is 2. The predicted molar refractivity (Wildman–Crippen MR) is 140 cm³/mol. The molecule has 1 heterocycles. The van der Waals surface area contributed by atoms with Gasteiger partial charge in [0.15, 0.2) is 11.5 Å². The topological polar surface area (TPSA) is 72.2 Å². The van der Waals surface area contributed by atoms with Gasteiger partial charge in [-0.25, -0.2) is 0 Å². The highest BCUT2D eigenvalue weighted by Crippen LogP contribution is 2.30. The summed E-state index contributed by atoms with van der Waals surface area (Å²) in [4.78, 5) is 29.9. The minimum absolute atomic E-state index is 0.0824. The molecule has 2 amide bonds. The number of rotatable bonds is 12. The zero-order valence-corrected chi connectivity index (χ0v) is 22.5. The van der Waals surface area contributed by atoms with Crippen LogP contribution in [-0.4, -0.2) is 55.0 Å². The zero-order chi connectivity index (χ0) is 28.6. The Morgan fingerprint density at radius 2 is 1.69 bits per heavy atom. The van der Waals surface area contributed by atoms with Gasteiger partial charge in [0, 0.05) is 18.2 Å². The number of nitrogens with zero attached hydrogens (tertiary/aromatic N) is 2. The van der Waals surface area contributed by atoms with Crippen molar-refractivity contribution in [2.24, 2.45) is 0 Å². The molecule has 0 aliphatic rings. The molecule has 1 unspecified atom stereocenters.